The standard InChI is InChI=1S/C39H31F3N2O2/c1-26-23-24-43-36(35(26)39(40,41)42)33-22-21-27(31-19-11-12-20-32(31)33)25-34(37(45)46)44-38(28-13-5-2-6-14-28,29-15-7-3-8-16-29)30-17-9-4-10-18-30/h2-24,34,44H,25H2,1H3,(H,45,46)/t34-/m0/s1. The Morgan fingerprint density at radius 2 is 1.22 bits per heavy atom. The second-order valence-corrected chi connectivity index (χ2v) is 11.3. The Morgan fingerprint density at radius 3 is 1.72 bits per heavy atom. The number of fused-ring (bicyclic) bond motifs is 1. The molecule has 1 heterocycles. The Balaban J connectivity index is 1.50. The van der Waals surface area contributed by atoms with Gasteiger partial charge in [0.1, 0.15) is 6.04 Å². The molecule has 1 atom stereocenters. The number of pyridine rings is 1. The molecule has 230 valence electrons. The highest BCUT2D eigenvalue weighted by molar-refractivity contribution is 5.99. The van der Waals surface area contributed by atoms with Gasteiger partial charge in [-0.25, -0.2) is 0 Å². The predicted octanol–water partition coefficient (Wildman–Crippen LogP) is 8.81. The zero-order valence-corrected chi connectivity index (χ0v) is 25.0. The minimum atomic E-state index is -4.60. The van der Waals surface area contributed by atoms with Crippen LogP contribution in [-0.2, 0) is 22.9 Å². The van der Waals surface area contributed by atoms with Crippen molar-refractivity contribution in [1.29, 1.82) is 0 Å². The van der Waals surface area contributed by atoms with Gasteiger partial charge in [-0.05, 0) is 58.0 Å². The fourth-order valence-electron chi connectivity index (χ4n) is 6.36. The number of nitrogens with zero attached hydrogens (tertiary/aromatic N) is 1. The molecule has 0 aliphatic heterocycles. The number of rotatable bonds is 9. The molecule has 0 saturated heterocycles. The number of carbonyl (C=O) groups is 1. The summed E-state index contributed by atoms with van der Waals surface area (Å²) in [6.07, 6.45) is -3.15. The summed E-state index contributed by atoms with van der Waals surface area (Å²) in [7, 11) is 0. The van der Waals surface area contributed by atoms with Crippen LogP contribution in [0.25, 0.3) is 22.0 Å². The molecule has 0 spiro atoms. The smallest absolute Gasteiger partial charge is 0.418 e. The number of aromatic nitrogens is 1. The minimum Gasteiger partial charge on any atom is -0.480 e. The molecular formula is C39H31F3N2O2. The maximum atomic E-state index is 14.2. The van der Waals surface area contributed by atoms with E-state index in [1.807, 2.05) is 97.1 Å². The molecular weight excluding hydrogens is 585 g/mol. The van der Waals surface area contributed by atoms with Crippen molar-refractivity contribution in [3.05, 3.63) is 173 Å². The molecule has 2 N–H and O–H groups in total. The number of carboxylic acids is 1. The Morgan fingerprint density at radius 1 is 0.717 bits per heavy atom. The summed E-state index contributed by atoms with van der Waals surface area (Å²) >= 11 is 0. The van der Waals surface area contributed by atoms with Gasteiger partial charge < -0.3 is 5.11 Å². The van der Waals surface area contributed by atoms with E-state index in [4.69, 9.17) is 0 Å². The molecule has 46 heavy (non-hydrogen) atoms. The number of nitrogens with one attached hydrogen (secondary N) is 1. The van der Waals surface area contributed by atoms with Crippen molar-refractivity contribution < 1.29 is 23.1 Å². The number of hydrogen-bond acceptors (Lipinski definition) is 3. The molecule has 0 radical (unpaired) electrons. The SMILES string of the molecule is Cc1ccnc(-c2ccc(C[C@H](NC(c3ccccc3)(c3ccccc3)c3ccccc3)C(=O)O)c3ccccc23)c1C(F)(F)F. The van der Waals surface area contributed by atoms with Gasteiger partial charge in [0.2, 0.25) is 0 Å². The zero-order chi connectivity index (χ0) is 32.3. The molecule has 5 aromatic carbocycles. The first-order chi connectivity index (χ1) is 22.2. The maximum Gasteiger partial charge on any atom is 0.418 e. The summed E-state index contributed by atoms with van der Waals surface area (Å²) in [6, 6.07) is 39.9. The lowest BCUT2D eigenvalue weighted by Crippen LogP contribution is -2.53. The third kappa shape index (κ3) is 5.77. The van der Waals surface area contributed by atoms with E-state index in [-0.39, 0.29) is 17.7 Å². The lowest BCUT2D eigenvalue weighted by molar-refractivity contribution is -0.140. The highest BCUT2D eigenvalue weighted by atomic mass is 19.4. The van der Waals surface area contributed by atoms with E-state index in [2.05, 4.69) is 10.3 Å². The van der Waals surface area contributed by atoms with Crippen molar-refractivity contribution in [1.82, 2.24) is 10.3 Å². The first-order valence-electron chi connectivity index (χ1n) is 14.9. The van der Waals surface area contributed by atoms with Crippen LogP contribution in [0.2, 0.25) is 0 Å². The highest BCUT2D eigenvalue weighted by Crippen LogP contribution is 2.41. The van der Waals surface area contributed by atoms with Crippen LogP contribution >= 0.6 is 0 Å². The van der Waals surface area contributed by atoms with Crippen LogP contribution in [0.3, 0.4) is 0 Å². The van der Waals surface area contributed by atoms with E-state index in [0.717, 1.165) is 16.7 Å². The fraction of sp³-hybridized carbons (Fsp3) is 0.128. The lowest BCUT2D eigenvalue weighted by Gasteiger charge is -2.39. The Bertz CT molecular complexity index is 1880. The number of aliphatic carboxylic acids is 1. The largest absolute Gasteiger partial charge is 0.480 e. The third-order valence-electron chi connectivity index (χ3n) is 8.45. The summed E-state index contributed by atoms with van der Waals surface area (Å²) in [6.45, 7) is 1.42. The van der Waals surface area contributed by atoms with Crippen molar-refractivity contribution >= 4 is 16.7 Å². The Kier molecular flexibility index (Phi) is 8.43. The maximum absolute atomic E-state index is 14.2. The van der Waals surface area contributed by atoms with Crippen molar-refractivity contribution in [2.75, 3.05) is 0 Å². The van der Waals surface area contributed by atoms with Crippen molar-refractivity contribution in [2.45, 2.75) is 31.1 Å². The van der Waals surface area contributed by atoms with Gasteiger partial charge in [0, 0.05) is 11.8 Å². The monoisotopic (exact) mass is 616 g/mol. The van der Waals surface area contributed by atoms with Crippen LogP contribution in [0.1, 0.15) is 33.4 Å². The molecule has 0 amide bonds. The van der Waals surface area contributed by atoms with Gasteiger partial charge in [-0.1, -0.05) is 127 Å². The van der Waals surface area contributed by atoms with Gasteiger partial charge in [0.25, 0.3) is 0 Å². The number of benzene rings is 5. The van der Waals surface area contributed by atoms with E-state index >= 15 is 0 Å². The van der Waals surface area contributed by atoms with Crippen molar-refractivity contribution in [2.24, 2.45) is 0 Å². The van der Waals surface area contributed by atoms with Crippen LogP contribution in [0.4, 0.5) is 13.2 Å². The van der Waals surface area contributed by atoms with E-state index < -0.39 is 29.3 Å². The molecule has 6 aromatic rings. The average molecular weight is 617 g/mol. The second-order valence-electron chi connectivity index (χ2n) is 11.3. The van der Waals surface area contributed by atoms with Crippen molar-refractivity contribution in [3.63, 3.8) is 0 Å². The highest BCUT2D eigenvalue weighted by Gasteiger charge is 2.40. The van der Waals surface area contributed by atoms with E-state index in [1.165, 1.54) is 19.2 Å². The van der Waals surface area contributed by atoms with Gasteiger partial charge >= 0.3 is 12.1 Å². The summed E-state index contributed by atoms with van der Waals surface area (Å²) in [4.78, 5) is 17.3. The van der Waals surface area contributed by atoms with E-state index in [0.29, 0.717) is 21.9 Å². The van der Waals surface area contributed by atoms with Crippen molar-refractivity contribution in [3.8, 4) is 11.3 Å². The molecule has 4 nitrogen and oxygen atoms in total. The zero-order valence-electron chi connectivity index (χ0n) is 25.0. The number of carboxylic acid groups (broad SMARTS) is 1. The van der Waals surface area contributed by atoms with Gasteiger partial charge in [-0.3, -0.25) is 15.1 Å². The van der Waals surface area contributed by atoms with Crippen LogP contribution < -0.4 is 5.32 Å². The first kappa shape index (κ1) is 30.7. The van der Waals surface area contributed by atoms with Gasteiger partial charge in [-0.2, -0.15) is 13.2 Å². The molecule has 0 saturated carbocycles. The minimum absolute atomic E-state index is 0.0672. The summed E-state index contributed by atoms with van der Waals surface area (Å²) in [5.41, 5.74) is 1.73. The number of alkyl halides is 3. The molecule has 0 aliphatic rings. The first-order valence-corrected chi connectivity index (χ1v) is 14.9. The average Bonchev–Trinajstić information content (AvgIpc) is 3.07. The molecule has 0 fully saturated rings. The van der Waals surface area contributed by atoms with Gasteiger partial charge in [0.05, 0.1) is 16.8 Å². The quantitative estimate of drug-likeness (QED) is 0.159. The van der Waals surface area contributed by atoms with E-state index in [9.17, 15) is 23.1 Å². The lowest BCUT2D eigenvalue weighted by atomic mass is 9.76. The molecule has 1 aromatic heterocycles. The number of halogens is 3. The normalized spacial score (nSPS) is 12.6. The Labute approximate surface area is 265 Å². The third-order valence-corrected chi connectivity index (χ3v) is 8.45. The van der Waals surface area contributed by atoms with Gasteiger partial charge in [-0.15, -0.1) is 0 Å². The molecule has 0 bridgehead atoms. The number of hydrogen-bond donors (Lipinski definition) is 2. The molecule has 0 unspecified atom stereocenters. The molecule has 6 rings (SSSR count). The molecule has 7 heteroatoms. The number of aryl methyl sites for hydroxylation is 1. The second kappa shape index (κ2) is 12.6. The van der Waals surface area contributed by atoms with Crippen LogP contribution in [0.5, 0.6) is 0 Å². The van der Waals surface area contributed by atoms with E-state index in [1.54, 1.807) is 30.3 Å². The summed E-state index contributed by atoms with van der Waals surface area (Å²) in [5.74, 6) is -1.06. The van der Waals surface area contributed by atoms with Crippen LogP contribution in [0, 0.1) is 6.92 Å². The Hall–Kier alpha value is -5.27. The van der Waals surface area contributed by atoms with Crippen LogP contribution in [0.15, 0.2) is 140 Å². The summed E-state index contributed by atoms with van der Waals surface area (Å²) < 4.78 is 42.6. The fourth-order valence-corrected chi connectivity index (χ4v) is 6.36. The topological polar surface area (TPSA) is 62.2 Å². The summed E-state index contributed by atoms with van der Waals surface area (Å²) in [5, 5.41) is 15.5. The van der Waals surface area contributed by atoms with Crippen LogP contribution in [-0.4, -0.2) is 22.1 Å². The van der Waals surface area contributed by atoms with Gasteiger partial charge in [0.15, 0.2) is 0 Å². The molecule has 0 aliphatic carbocycles. The predicted molar refractivity (Wildman–Crippen MR) is 174 cm³/mol.